The van der Waals surface area contributed by atoms with Gasteiger partial charge in [0.2, 0.25) is 0 Å². The van der Waals surface area contributed by atoms with E-state index in [0.29, 0.717) is 5.78 Å². The summed E-state index contributed by atoms with van der Waals surface area (Å²) in [7, 11) is 0. The van der Waals surface area contributed by atoms with E-state index >= 15 is 0 Å². The highest BCUT2D eigenvalue weighted by molar-refractivity contribution is 7.98. The van der Waals surface area contributed by atoms with Crippen molar-refractivity contribution in [2.75, 3.05) is 12.3 Å². The van der Waals surface area contributed by atoms with E-state index in [1.54, 1.807) is 0 Å². The number of hydrogen-bond donors (Lipinski definition) is 0. The van der Waals surface area contributed by atoms with Crippen molar-refractivity contribution in [3.05, 3.63) is 0 Å². The highest BCUT2D eigenvalue weighted by atomic mass is 32.2. The van der Waals surface area contributed by atoms with Crippen LogP contribution in [-0.2, 0) is 4.79 Å². The summed E-state index contributed by atoms with van der Waals surface area (Å²) in [6, 6.07) is 0.754. The molecule has 5 rings (SSSR count). The number of Topliss-reactive ketones (excluding diaryl/α,β-unsaturated/α-hetero) is 1. The maximum atomic E-state index is 11.4. The van der Waals surface area contributed by atoms with Gasteiger partial charge < -0.3 is 0 Å². The van der Waals surface area contributed by atoms with Crippen molar-refractivity contribution in [3.8, 4) is 0 Å². The van der Waals surface area contributed by atoms with E-state index in [1.165, 1.54) is 32.1 Å². The Labute approximate surface area is 101 Å². The molecule has 5 fully saturated rings. The molecule has 4 aliphatic carbocycles. The molecule has 1 heterocycles. The monoisotopic (exact) mass is 237 g/mol. The van der Waals surface area contributed by atoms with Crippen molar-refractivity contribution in [2.45, 2.75) is 38.1 Å². The third-order valence-corrected chi connectivity index (χ3v) is 6.39. The highest BCUT2D eigenvalue weighted by Gasteiger charge is 2.51. The molecule has 1 saturated heterocycles. The van der Waals surface area contributed by atoms with Crippen LogP contribution in [0.2, 0.25) is 0 Å². The molecule has 5 aliphatic rings. The van der Waals surface area contributed by atoms with Crippen LogP contribution >= 0.6 is 11.9 Å². The summed E-state index contributed by atoms with van der Waals surface area (Å²) in [5, 5.41) is 0. The predicted molar refractivity (Wildman–Crippen MR) is 65.0 cm³/mol. The topological polar surface area (TPSA) is 20.3 Å². The second kappa shape index (κ2) is 3.49. The van der Waals surface area contributed by atoms with E-state index < -0.39 is 0 Å². The summed E-state index contributed by atoms with van der Waals surface area (Å²) in [5.41, 5.74) is 0. The summed E-state index contributed by atoms with van der Waals surface area (Å²) >= 11 is 1.81. The molecule has 88 valence electrons. The van der Waals surface area contributed by atoms with Crippen molar-refractivity contribution < 1.29 is 4.79 Å². The number of rotatable bonds is 1. The van der Waals surface area contributed by atoms with Crippen molar-refractivity contribution in [1.82, 2.24) is 4.31 Å². The zero-order valence-corrected chi connectivity index (χ0v) is 10.4. The highest BCUT2D eigenvalue weighted by Crippen LogP contribution is 2.56. The van der Waals surface area contributed by atoms with E-state index in [-0.39, 0.29) is 0 Å². The predicted octanol–water partition coefficient (Wildman–Crippen LogP) is 2.34. The molecule has 0 spiro atoms. The van der Waals surface area contributed by atoms with Crippen molar-refractivity contribution in [2.24, 2.45) is 23.7 Å². The fraction of sp³-hybridized carbons (Fsp3) is 0.923. The number of hydrogen-bond acceptors (Lipinski definition) is 3. The van der Waals surface area contributed by atoms with Gasteiger partial charge in [-0.05, 0) is 55.8 Å². The average molecular weight is 237 g/mol. The molecule has 1 aliphatic heterocycles. The van der Waals surface area contributed by atoms with Gasteiger partial charge >= 0.3 is 0 Å². The lowest BCUT2D eigenvalue weighted by molar-refractivity contribution is -0.117. The van der Waals surface area contributed by atoms with Gasteiger partial charge in [-0.25, -0.2) is 4.31 Å². The van der Waals surface area contributed by atoms with Gasteiger partial charge in [-0.3, -0.25) is 4.79 Å². The van der Waals surface area contributed by atoms with Crippen molar-refractivity contribution in [1.29, 1.82) is 0 Å². The number of carbonyl (C=O) groups is 1. The summed E-state index contributed by atoms with van der Waals surface area (Å²) in [5.74, 6) is 5.12. The van der Waals surface area contributed by atoms with E-state index in [1.807, 2.05) is 11.9 Å². The Morgan fingerprint density at radius 1 is 1.00 bits per heavy atom. The Balaban J connectivity index is 1.58. The number of carbonyl (C=O) groups excluding carboxylic acids is 1. The average Bonchev–Trinajstić information content (AvgIpc) is 2.63. The molecule has 0 unspecified atom stereocenters. The van der Waals surface area contributed by atoms with E-state index in [4.69, 9.17) is 0 Å². The molecular formula is C13H19NOS. The van der Waals surface area contributed by atoms with Gasteiger partial charge in [0.1, 0.15) is 0 Å². The number of nitrogens with zero attached hydrogens (tertiary/aromatic N) is 1. The third-order valence-electron chi connectivity index (χ3n) is 5.23. The fourth-order valence-corrected chi connectivity index (χ4v) is 6.13. The molecule has 0 amide bonds. The lowest BCUT2D eigenvalue weighted by Crippen LogP contribution is -2.53. The van der Waals surface area contributed by atoms with Crippen LogP contribution in [0.3, 0.4) is 0 Å². The lowest BCUT2D eigenvalue weighted by Gasteiger charge is -2.56. The summed E-state index contributed by atoms with van der Waals surface area (Å²) in [4.78, 5) is 11.4. The van der Waals surface area contributed by atoms with Gasteiger partial charge in [-0.15, -0.1) is 0 Å². The quantitative estimate of drug-likeness (QED) is 0.653. The van der Waals surface area contributed by atoms with Gasteiger partial charge in [-0.2, -0.15) is 0 Å². The van der Waals surface area contributed by atoms with Gasteiger partial charge in [0.05, 0.1) is 12.3 Å². The zero-order valence-electron chi connectivity index (χ0n) is 9.60. The van der Waals surface area contributed by atoms with Gasteiger partial charge in [-0.1, -0.05) is 11.9 Å². The first-order chi connectivity index (χ1) is 7.79. The smallest absolute Gasteiger partial charge is 0.158 e. The number of ketones is 1. The van der Waals surface area contributed by atoms with E-state index in [9.17, 15) is 4.79 Å². The minimum Gasteiger partial charge on any atom is -0.297 e. The standard InChI is InChI=1S/C13H19NOS/c15-12-6-14(16-7-12)13-10-2-8-1-9(4-10)5-11(13)3-8/h8-11,13H,1-7H2. The molecule has 0 aromatic heterocycles. The Kier molecular flexibility index (Phi) is 2.17. The van der Waals surface area contributed by atoms with Crippen molar-refractivity contribution in [3.63, 3.8) is 0 Å². The molecule has 16 heavy (non-hydrogen) atoms. The molecule has 0 atom stereocenters. The second-order valence-electron chi connectivity index (χ2n) is 6.31. The van der Waals surface area contributed by atoms with Crippen LogP contribution in [-0.4, -0.2) is 28.4 Å². The molecule has 0 aromatic carbocycles. The molecule has 4 saturated carbocycles. The fourth-order valence-electron chi connectivity index (χ4n) is 4.98. The Bertz CT molecular complexity index is 302. The molecule has 2 nitrogen and oxygen atoms in total. The minimum atomic E-state index is 0.443. The van der Waals surface area contributed by atoms with Crippen molar-refractivity contribution >= 4 is 17.7 Å². The summed E-state index contributed by atoms with van der Waals surface area (Å²) in [6.07, 6.45) is 7.36. The molecule has 0 N–H and O–H groups in total. The lowest BCUT2D eigenvalue weighted by atomic mass is 9.54. The van der Waals surface area contributed by atoms with Crippen LogP contribution in [0.25, 0.3) is 0 Å². The zero-order chi connectivity index (χ0) is 10.7. The summed E-state index contributed by atoms with van der Waals surface area (Å²) < 4.78 is 2.45. The third kappa shape index (κ3) is 1.40. The maximum absolute atomic E-state index is 11.4. The van der Waals surface area contributed by atoms with Crippen LogP contribution in [0.4, 0.5) is 0 Å². The van der Waals surface area contributed by atoms with Gasteiger partial charge in [0.25, 0.3) is 0 Å². The Hall–Kier alpha value is -0.0200. The van der Waals surface area contributed by atoms with Crippen LogP contribution in [0.15, 0.2) is 0 Å². The first-order valence-corrected chi connectivity index (χ1v) is 7.65. The molecule has 0 aromatic rings. The minimum absolute atomic E-state index is 0.443. The molecule has 0 radical (unpaired) electrons. The normalized spacial score (nSPS) is 51.5. The van der Waals surface area contributed by atoms with Crippen LogP contribution in [0, 0.1) is 23.7 Å². The maximum Gasteiger partial charge on any atom is 0.158 e. The van der Waals surface area contributed by atoms with Crippen LogP contribution < -0.4 is 0 Å². The summed E-state index contributed by atoms with van der Waals surface area (Å²) in [6.45, 7) is 0.734. The first kappa shape index (κ1) is 9.95. The van der Waals surface area contributed by atoms with Crippen LogP contribution in [0.1, 0.15) is 32.1 Å². The SMILES string of the molecule is O=C1CSN(C2C3CC4CC(C3)CC2C4)C1. The molecule has 4 bridgehead atoms. The van der Waals surface area contributed by atoms with E-state index in [0.717, 1.165) is 42.0 Å². The Morgan fingerprint density at radius 3 is 2.12 bits per heavy atom. The Morgan fingerprint density at radius 2 is 1.62 bits per heavy atom. The molecule has 3 heteroatoms. The van der Waals surface area contributed by atoms with Gasteiger partial charge in [0, 0.05) is 6.04 Å². The molecular weight excluding hydrogens is 218 g/mol. The second-order valence-corrected chi connectivity index (χ2v) is 7.32. The van der Waals surface area contributed by atoms with Crippen LogP contribution in [0.5, 0.6) is 0 Å². The largest absolute Gasteiger partial charge is 0.297 e. The first-order valence-electron chi connectivity index (χ1n) is 6.71. The van der Waals surface area contributed by atoms with E-state index in [2.05, 4.69) is 4.31 Å². The van der Waals surface area contributed by atoms with Gasteiger partial charge in [0.15, 0.2) is 5.78 Å².